The van der Waals surface area contributed by atoms with Crippen LogP contribution in [0.5, 0.6) is 11.8 Å². The van der Waals surface area contributed by atoms with E-state index in [1.54, 1.807) is 6.07 Å². The summed E-state index contributed by atoms with van der Waals surface area (Å²) >= 11 is 0. The van der Waals surface area contributed by atoms with Gasteiger partial charge in [0.05, 0.1) is 5.69 Å². The second-order valence-electron chi connectivity index (χ2n) is 5.16. The van der Waals surface area contributed by atoms with Crippen LogP contribution in [0.3, 0.4) is 0 Å². The number of aromatic amines is 1. The van der Waals surface area contributed by atoms with Crippen LogP contribution >= 0.6 is 0 Å². The Morgan fingerprint density at radius 3 is 2.36 bits per heavy atom. The first-order valence-corrected chi connectivity index (χ1v) is 7.01. The molecule has 2 aromatic carbocycles. The van der Waals surface area contributed by atoms with Gasteiger partial charge in [-0.05, 0) is 18.2 Å². The second-order valence-corrected chi connectivity index (χ2v) is 5.16. The Balaban J connectivity index is 1.95. The average molecular weight is 290 g/mol. The summed E-state index contributed by atoms with van der Waals surface area (Å²) in [5.74, 6) is 0.0254. The molecule has 4 nitrogen and oxygen atoms in total. The summed E-state index contributed by atoms with van der Waals surface area (Å²) in [5, 5.41) is 21.8. The van der Waals surface area contributed by atoms with Gasteiger partial charge in [-0.1, -0.05) is 36.4 Å². The van der Waals surface area contributed by atoms with Gasteiger partial charge >= 0.3 is 0 Å². The number of rotatable bonds is 2. The maximum absolute atomic E-state index is 10.6. The largest absolute Gasteiger partial charge is 0.494 e. The lowest BCUT2D eigenvalue weighted by Gasteiger charge is -2.06. The molecule has 0 amide bonds. The third-order valence-corrected chi connectivity index (χ3v) is 3.85. The molecule has 0 aliphatic carbocycles. The highest BCUT2D eigenvalue weighted by Gasteiger charge is 2.18. The minimum Gasteiger partial charge on any atom is -0.494 e. The average Bonchev–Trinajstić information content (AvgIpc) is 3.09. The molecule has 0 radical (unpaired) electrons. The SMILES string of the molecule is Oc1cc(-c2c[nH]c3ccccc23)c(O)n1-c1ccccc1. The van der Waals surface area contributed by atoms with Gasteiger partial charge in [0, 0.05) is 34.3 Å². The molecule has 0 saturated heterocycles. The van der Waals surface area contributed by atoms with Crippen molar-refractivity contribution >= 4 is 10.9 Å². The molecule has 4 rings (SSSR count). The third-order valence-electron chi connectivity index (χ3n) is 3.85. The summed E-state index contributed by atoms with van der Waals surface area (Å²) in [6.45, 7) is 0. The molecule has 3 N–H and O–H groups in total. The minimum atomic E-state index is 0.00369. The number of benzene rings is 2. The number of para-hydroxylation sites is 2. The van der Waals surface area contributed by atoms with Gasteiger partial charge in [0.1, 0.15) is 0 Å². The number of fused-ring (bicyclic) bond motifs is 1. The van der Waals surface area contributed by atoms with E-state index in [1.165, 1.54) is 4.57 Å². The highest BCUT2D eigenvalue weighted by molar-refractivity contribution is 5.97. The predicted octanol–water partition coefficient (Wildman–Crippen LogP) is 4.04. The van der Waals surface area contributed by atoms with Gasteiger partial charge in [0.2, 0.25) is 5.88 Å². The molecule has 0 aliphatic heterocycles. The molecule has 0 spiro atoms. The number of hydrogen-bond donors (Lipinski definition) is 3. The monoisotopic (exact) mass is 290 g/mol. The maximum atomic E-state index is 10.6. The van der Waals surface area contributed by atoms with E-state index < -0.39 is 0 Å². The van der Waals surface area contributed by atoms with Crippen molar-refractivity contribution in [3.63, 3.8) is 0 Å². The first kappa shape index (κ1) is 12.6. The zero-order chi connectivity index (χ0) is 15.1. The van der Waals surface area contributed by atoms with Gasteiger partial charge in [-0.15, -0.1) is 0 Å². The molecule has 0 unspecified atom stereocenters. The fourth-order valence-electron chi connectivity index (χ4n) is 2.81. The van der Waals surface area contributed by atoms with Crippen molar-refractivity contribution in [2.45, 2.75) is 0 Å². The van der Waals surface area contributed by atoms with Crippen LogP contribution in [0.25, 0.3) is 27.7 Å². The Bertz CT molecular complexity index is 952. The van der Waals surface area contributed by atoms with E-state index in [0.717, 1.165) is 16.5 Å². The molecule has 2 heterocycles. The van der Waals surface area contributed by atoms with E-state index >= 15 is 0 Å². The number of nitrogens with zero attached hydrogens (tertiary/aromatic N) is 1. The first-order valence-electron chi connectivity index (χ1n) is 7.01. The Morgan fingerprint density at radius 2 is 1.55 bits per heavy atom. The fourth-order valence-corrected chi connectivity index (χ4v) is 2.81. The Hall–Kier alpha value is -3.14. The molecule has 22 heavy (non-hydrogen) atoms. The van der Waals surface area contributed by atoms with Crippen LogP contribution in [0.15, 0.2) is 66.9 Å². The van der Waals surface area contributed by atoms with E-state index in [1.807, 2.05) is 60.8 Å². The third kappa shape index (κ3) is 1.78. The van der Waals surface area contributed by atoms with Gasteiger partial charge in [-0.3, -0.25) is 4.57 Å². The smallest absolute Gasteiger partial charge is 0.206 e. The van der Waals surface area contributed by atoms with E-state index in [2.05, 4.69) is 4.98 Å². The number of nitrogens with one attached hydrogen (secondary N) is 1. The molecular formula is C18H14N2O2. The zero-order valence-electron chi connectivity index (χ0n) is 11.7. The van der Waals surface area contributed by atoms with Crippen LogP contribution in [-0.2, 0) is 0 Å². The quantitative estimate of drug-likeness (QED) is 0.522. The highest BCUT2D eigenvalue weighted by atomic mass is 16.3. The van der Waals surface area contributed by atoms with Crippen LogP contribution in [0, 0.1) is 0 Å². The summed E-state index contributed by atoms with van der Waals surface area (Å²) in [4.78, 5) is 3.18. The standard InChI is InChI=1S/C18H14N2O2/c21-17-10-14(15-11-19-16-9-5-4-8-13(15)16)18(22)20(17)12-6-2-1-3-7-12/h1-11,19,21-22H. The van der Waals surface area contributed by atoms with Gasteiger partial charge in [0.15, 0.2) is 5.88 Å². The Kier molecular flexibility index (Phi) is 2.69. The molecule has 0 atom stereocenters. The van der Waals surface area contributed by atoms with E-state index in [9.17, 15) is 10.2 Å². The normalized spacial score (nSPS) is 11.1. The number of aromatic hydroxyl groups is 2. The lowest BCUT2D eigenvalue weighted by Crippen LogP contribution is -1.91. The van der Waals surface area contributed by atoms with Gasteiger partial charge in [0.25, 0.3) is 0 Å². The Morgan fingerprint density at radius 1 is 0.818 bits per heavy atom. The summed E-state index contributed by atoms with van der Waals surface area (Å²) in [7, 11) is 0. The number of H-pyrrole nitrogens is 1. The summed E-state index contributed by atoms with van der Waals surface area (Å²) in [6.07, 6.45) is 1.84. The topological polar surface area (TPSA) is 61.2 Å². The molecule has 0 aliphatic rings. The lowest BCUT2D eigenvalue weighted by molar-refractivity contribution is 0.403. The molecule has 2 aromatic heterocycles. The van der Waals surface area contributed by atoms with Gasteiger partial charge in [-0.25, -0.2) is 0 Å². The van der Waals surface area contributed by atoms with Gasteiger partial charge < -0.3 is 15.2 Å². The zero-order valence-corrected chi connectivity index (χ0v) is 11.7. The summed E-state index contributed by atoms with van der Waals surface area (Å²) < 4.78 is 1.43. The Labute approximate surface area is 126 Å². The van der Waals surface area contributed by atoms with Crippen LogP contribution in [0.2, 0.25) is 0 Å². The maximum Gasteiger partial charge on any atom is 0.206 e. The second kappa shape index (κ2) is 4.70. The van der Waals surface area contributed by atoms with Crippen LogP contribution < -0.4 is 0 Å². The van der Waals surface area contributed by atoms with Gasteiger partial charge in [-0.2, -0.15) is 0 Å². The molecular weight excluding hydrogens is 276 g/mol. The van der Waals surface area contributed by atoms with Crippen LogP contribution in [0.1, 0.15) is 0 Å². The highest BCUT2D eigenvalue weighted by Crippen LogP contribution is 2.40. The lowest BCUT2D eigenvalue weighted by atomic mass is 10.1. The molecule has 0 bridgehead atoms. The van der Waals surface area contributed by atoms with E-state index in [-0.39, 0.29) is 11.8 Å². The number of hydrogen-bond acceptors (Lipinski definition) is 2. The van der Waals surface area contributed by atoms with Crippen LogP contribution in [-0.4, -0.2) is 19.8 Å². The van der Waals surface area contributed by atoms with E-state index in [0.29, 0.717) is 11.3 Å². The van der Waals surface area contributed by atoms with Crippen molar-refractivity contribution in [2.75, 3.05) is 0 Å². The molecule has 0 saturated carbocycles. The predicted molar refractivity (Wildman–Crippen MR) is 86.4 cm³/mol. The van der Waals surface area contributed by atoms with Crippen molar-refractivity contribution in [2.24, 2.45) is 0 Å². The molecule has 4 heteroatoms. The van der Waals surface area contributed by atoms with Crippen LogP contribution in [0.4, 0.5) is 0 Å². The molecule has 0 fully saturated rings. The van der Waals surface area contributed by atoms with Crippen molar-refractivity contribution in [3.8, 4) is 28.6 Å². The number of aromatic nitrogens is 2. The van der Waals surface area contributed by atoms with Crippen molar-refractivity contribution < 1.29 is 10.2 Å². The van der Waals surface area contributed by atoms with Crippen molar-refractivity contribution in [1.29, 1.82) is 0 Å². The molecule has 108 valence electrons. The van der Waals surface area contributed by atoms with E-state index in [4.69, 9.17) is 0 Å². The molecule has 4 aromatic rings. The summed E-state index contributed by atoms with van der Waals surface area (Å²) in [5.41, 5.74) is 3.16. The summed E-state index contributed by atoms with van der Waals surface area (Å²) in [6, 6.07) is 18.7. The first-order chi connectivity index (χ1) is 10.8. The fraction of sp³-hybridized carbons (Fsp3) is 0. The van der Waals surface area contributed by atoms with Crippen molar-refractivity contribution in [3.05, 3.63) is 66.9 Å². The van der Waals surface area contributed by atoms with Crippen molar-refractivity contribution in [1.82, 2.24) is 9.55 Å². The minimum absolute atomic E-state index is 0.00369.